The average molecular weight is 88.1 g/mol. The molecule has 0 heterocycles. The van der Waals surface area contributed by atoms with Crippen LogP contribution >= 0.6 is 9.24 Å². The smallest absolute Gasteiger partial charge is 0.0236 e. The van der Waals surface area contributed by atoms with Crippen molar-refractivity contribution in [1.82, 2.24) is 0 Å². The van der Waals surface area contributed by atoms with E-state index >= 15 is 0 Å². The highest BCUT2D eigenvalue weighted by molar-refractivity contribution is 7.18. The highest BCUT2D eigenvalue weighted by Crippen LogP contribution is 2.36. The van der Waals surface area contributed by atoms with Crippen LogP contribution in [0, 0.1) is 5.92 Å². The Morgan fingerprint density at radius 3 is 2.00 bits per heavy atom. The van der Waals surface area contributed by atoms with Crippen molar-refractivity contribution >= 4 is 9.24 Å². The molecular weight excluding hydrogens is 79.0 g/mol. The summed E-state index contributed by atoms with van der Waals surface area (Å²) in [5.74, 6) is 1.01. The normalized spacial score (nSPS) is 49.2. The van der Waals surface area contributed by atoms with Crippen molar-refractivity contribution in [2.24, 2.45) is 5.92 Å². The van der Waals surface area contributed by atoms with Crippen LogP contribution in [-0.2, 0) is 0 Å². The largest absolute Gasteiger partial charge is 0.134 e. The molecule has 1 fully saturated rings. The number of hydrogen-bond acceptors (Lipinski definition) is 0. The van der Waals surface area contributed by atoms with E-state index < -0.39 is 0 Å². The van der Waals surface area contributed by atoms with Gasteiger partial charge in [-0.1, -0.05) is 6.92 Å². The molecule has 0 nitrogen and oxygen atoms in total. The van der Waals surface area contributed by atoms with E-state index in [1.807, 2.05) is 0 Å². The van der Waals surface area contributed by atoms with Gasteiger partial charge in [-0.2, -0.15) is 0 Å². The van der Waals surface area contributed by atoms with Gasteiger partial charge in [-0.3, -0.25) is 0 Å². The Hall–Kier alpha value is 0.430. The summed E-state index contributed by atoms with van der Waals surface area (Å²) >= 11 is 0. The van der Waals surface area contributed by atoms with Gasteiger partial charge in [0.25, 0.3) is 0 Å². The van der Waals surface area contributed by atoms with Crippen LogP contribution in [-0.4, -0.2) is 5.66 Å². The monoisotopic (exact) mass is 88.0 g/mol. The van der Waals surface area contributed by atoms with E-state index in [1.165, 1.54) is 6.42 Å². The highest BCUT2D eigenvalue weighted by atomic mass is 31.0. The van der Waals surface area contributed by atoms with Crippen LogP contribution in [0.15, 0.2) is 0 Å². The molecule has 0 N–H and O–H groups in total. The minimum Gasteiger partial charge on any atom is -0.134 e. The van der Waals surface area contributed by atoms with Gasteiger partial charge in [0.15, 0.2) is 0 Å². The first-order valence-corrected chi connectivity index (χ1v) is 2.73. The molecule has 1 aliphatic rings. The second-order valence-corrected chi connectivity index (χ2v) is 2.73. The van der Waals surface area contributed by atoms with Crippen molar-refractivity contribution in [1.29, 1.82) is 0 Å². The summed E-state index contributed by atoms with van der Waals surface area (Å²) in [6, 6.07) is 0. The molecule has 0 bridgehead atoms. The topological polar surface area (TPSA) is 0 Å². The fraction of sp³-hybridized carbons (Fsp3) is 1.00. The first-order chi connectivity index (χ1) is 2.30. The van der Waals surface area contributed by atoms with E-state index in [1.54, 1.807) is 0 Å². The maximum Gasteiger partial charge on any atom is -0.0236 e. The molecule has 1 aliphatic carbocycles. The molecule has 0 spiro atoms. The third kappa shape index (κ3) is 0.633. The Balaban J connectivity index is 2.20. The molecular formula is C4H9P. The van der Waals surface area contributed by atoms with Crippen LogP contribution in [0.25, 0.3) is 0 Å². The molecule has 0 aromatic carbocycles. The fourth-order valence-electron chi connectivity index (χ4n) is 0.351. The zero-order chi connectivity index (χ0) is 3.86. The fourth-order valence-corrected chi connectivity index (χ4v) is 0.780. The predicted octanol–water partition coefficient (Wildman–Crippen LogP) is 1.27. The first kappa shape index (κ1) is 3.61. The lowest BCUT2D eigenvalue weighted by Crippen LogP contribution is -1.59. The van der Waals surface area contributed by atoms with Crippen molar-refractivity contribution < 1.29 is 0 Å². The van der Waals surface area contributed by atoms with Crippen molar-refractivity contribution in [3.8, 4) is 0 Å². The maximum atomic E-state index is 2.81. The molecule has 0 aliphatic heterocycles. The zero-order valence-corrected chi connectivity index (χ0v) is 4.59. The Kier molecular flexibility index (Phi) is 0.682. The summed E-state index contributed by atoms with van der Waals surface area (Å²) in [5, 5.41) is 0. The average Bonchev–Trinajstić information content (AvgIpc) is 1.79. The molecule has 30 valence electrons. The van der Waals surface area contributed by atoms with Gasteiger partial charge >= 0.3 is 0 Å². The van der Waals surface area contributed by atoms with Gasteiger partial charge in [-0.05, 0) is 18.0 Å². The van der Waals surface area contributed by atoms with Gasteiger partial charge < -0.3 is 0 Å². The summed E-state index contributed by atoms with van der Waals surface area (Å²) < 4.78 is 0. The lowest BCUT2D eigenvalue weighted by molar-refractivity contribution is 0.988. The van der Waals surface area contributed by atoms with Gasteiger partial charge in [-0.15, -0.1) is 9.24 Å². The predicted molar refractivity (Wildman–Crippen MR) is 27.3 cm³/mol. The van der Waals surface area contributed by atoms with Crippen LogP contribution in [0.1, 0.15) is 13.3 Å². The SMILES string of the molecule is CC1C[C@@H]1P. The lowest BCUT2D eigenvalue weighted by atomic mass is 10.5. The van der Waals surface area contributed by atoms with Crippen LogP contribution in [0.4, 0.5) is 0 Å². The Labute approximate surface area is 35.2 Å². The number of rotatable bonds is 0. The summed E-state index contributed by atoms with van der Waals surface area (Å²) in [6.45, 7) is 2.28. The highest BCUT2D eigenvalue weighted by Gasteiger charge is 2.26. The molecule has 0 amide bonds. The standard InChI is InChI=1S/C4H9P/c1-3-2-4(3)5/h3-4H,2,5H2,1H3/t3?,4-/m0/s1. The summed E-state index contributed by atoms with van der Waals surface area (Å²) in [4.78, 5) is 0. The molecule has 0 saturated heterocycles. The van der Waals surface area contributed by atoms with Gasteiger partial charge in [0.05, 0.1) is 0 Å². The first-order valence-electron chi connectivity index (χ1n) is 2.06. The van der Waals surface area contributed by atoms with Gasteiger partial charge in [0.1, 0.15) is 0 Å². The van der Waals surface area contributed by atoms with Crippen LogP contribution < -0.4 is 0 Å². The Morgan fingerprint density at radius 2 is 2.00 bits per heavy atom. The van der Waals surface area contributed by atoms with E-state index in [9.17, 15) is 0 Å². The quantitative estimate of drug-likeness (QED) is 0.391. The summed E-state index contributed by atoms with van der Waals surface area (Å²) in [7, 11) is 2.81. The van der Waals surface area contributed by atoms with E-state index in [2.05, 4.69) is 16.2 Å². The molecule has 1 heteroatoms. The van der Waals surface area contributed by atoms with Gasteiger partial charge in [0.2, 0.25) is 0 Å². The Bertz CT molecular complexity index is 36.9. The Morgan fingerprint density at radius 1 is 1.80 bits per heavy atom. The molecule has 0 aromatic rings. The van der Waals surface area contributed by atoms with Crippen molar-refractivity contribution in [3.63, 3.8) is 0 Å². The van der Waals surface area contributed by atoms with Crippen molar-refractivity contribution in [3.05, 3.63) is 0 Å². The zero-order valence-electron chi connectivity index (χ0n) is 3.44. The lowest BCUT2D eigenvalue weighted by Gasteiger charge is -1.67. The van der Waals surface area contributed by atoms with Crippen LogP contribution in [0.3, 0.4) is 0 Å². The van der Waals surface area contributed by atoms with E-state index in [0.717, 1.165) is 11.6 Å². The molecule has 1 saturated carbocycles. The molecule has 3 atom stereocenters. The molecule has 2 unspecified atom stereocenters. The molecule has 0 radical (unpaired) electrons. The van der Waals surface area contributed by atoms with Crippen LogP contribution in [0.2, 0.25) is 0 Å². The number of hydrogen-bond donors (Lipinski definition) is 0. The van der Waals surface area contributed by atoms with Crippen molar-refractivity contribution in [2.45, 2.75) is 19.0 Å². The van der Waals surface area contributed by atoms with Crippen molar-refractivity contribution in [2.75, 3.05) is 0 Å². The second kappa shape index (κ2) is 0.944. The summed E-state index contributed by atoms with van der Waals surface area (Å²) in [5.41, 5.74) is 0.968. The maximum absolute atomic E-state index is 2.81. The minimum absolute atomic E-state index is 0.968. The third-order valence-corrected chi connectivity index (χ3v) is 2.10. The van der Waals surface area contributed by atoms with Gasteiger partial charge in [-0.25, -0.2) is 0 Å². The second-order valence-electron chi connectivity index (χ2n) is 1.88. The molecule has 0 aromatic heterocycles. The molecule has 1 rings (SSSR count). The van der Waals surface area contributed by atoms with E-state index in [0.29, 0.717) is 0 Å². The summed E-state index contributed by atoms with van der Waals surface area (Å²) in [6.07, 6.45) is 1.44. The van der Waals surface area contributed by atoms with Crippen LogP contribution in [0.5, 0.6) is 0 Å². The minimum atomic E-state index is 0.968. The molecule has 5 heavy (non-hydrogen) atoms. The third-order valence-electron chi connectivity index (χ3n) is 1.17. The van der Waals surface area contributed by atoms with E-state index in [-0.39, 0.29) is 0 Å². The van der Waals surface area contributed by atoms with Gasteiger partial charge in [0, 0.05) is 0 Å². The van der Waals surface area contributed by atoms with E-state index in [4.69, 9.17) is 0 Å².